The Morgan fingerprint density at radius 2 is 1.76 bits per heavy atom. The Kier molecular flexibility index (Phi) is 3.73. The van der Waals surface area contributed by atoms with Gasteiger partial charge in [0.25, 0.3) is 0 Å². The smallest absolute Gasteiger partial charge is 0.340 e. The maximum Gasteiger partial charge on any atom is 0.340 e. The lowest BCUT2D eigenvalue weighted by atomic mass is 10.0. The summed E-state index contributed by atoms with van der Waals surface area (Å²) < 4.78 is 5.21. The third-order valence-corrected chi connectivity index (χ3v) is 3.49. The number of para-hydroxylation sites is 1. The summed E-state index contributed by atoms with van der Waals surface area (Å²) in [7, 11) is 0. The molecule has 3 nitrogen and oxygen atoms in total. The van der Waals surface area contributed by atoms with E-state index in [0.717, 1.165) is 22.2 Å². The zero-order valence-electron chi connectivity index (χ0n) is 11.9. The number of hydrogen-bond acceptors (Lipinski definition) is 2. The van der Waals surface area contributed by atoms with Crippen LogP contribution < -0.4 is 0 Å². The molecule has 106 valence electrons. The van der Waals surface area contributed by atoms with Gasteiger partial charge in [0, 0.05) is 23.0 Å². The number of aromatic amines is 1. The lowest BCUT2D eigenvalue weighted by Crippen LogP contribution is -2.07. The van der Waals surface area contributed by atoms with Crippen LogP contribution in [0, 0.1) is 0 Å². The Balaban J connectivity index is 2.08. The first kappa shape index (κ1) is 13.4. The standard InChI is InChI=1S/C18H17NO2/c1-2-21-18(20)17-14-10-6-7-11-15(14)19-16(17)12-13-8-4-3-5-9-13/h3-11,19H,2,12H2,1H3. The molecule has 0 spiro atoms. The van der Waals surface area contributed by atoms with Crippen LogP contribution in [-0.4, -0.2) is 17.6 Å². The molecule has 0 bridgehead atoms. The Morgan fingerprint density at radius 1 is 1.05 bits per heavy atom. The molecule has 21 heavy (non-hydrogen) atoms. The molecule has 1 heterocycles. The average Bonchev–Trinajstić information content (AvgIpc) is 2.86. The van der Waals surface area contributed by atoms with Gasteiger partial charge in [-0.1, -0.05) is 48.5 Å². The van der Waals surface area contributed by atoms with Crippen LogP contribution in [0.5, 0.6) is 0 Å². The molecule has 0 saturated heterocycles. The summed E-state index contributed by atoms with van der Waals surface area (Å²) in [5.74, 6) is -0.263. The Hall–Kier alpha value is -2.55. The van der Waals surface area contributed by atoms with E-state index >= 15 is 0 Å². The highest BCUT2D eigenvalue weighted by molar-refractivity contribution is 6.05. The summed E-state index contributed by atoms with van der Waals surface area (Å²) in [4.78, 5) is 15.6. The molecule has 1 aromatic heterocycles. The lowest BCUT2D eigenvalue weighted by Gasteiger charge is -2.05. The number of nitrogens with one attached hydrogen (secondary N) is 1. The van der Waals surface area contributed by atoms with Crippen molar-refractivity contribution < 1.29 is 9.53 Å². The van der Waals surface area contributed by atoms with Crippen LogP contribution in [0.3, 0.4) is 0 Å². The van der Waals surface area contributed by atoms with E-state index in [-0.39, 0.29) is 5.97 Å². The second-order valence-electron chi connectivity index (χ2n) is 4.91. The van der Waals surface area contributed by atoms with Crippen molar-refractivity contribution in [2.75, 3.05) is 6.61 Å². The number of carbonyl (C=O) groups excluding carboxylic acids is 1. The molecule has 0 saturated carbocycles. The van der Waals surface area contributed by atoms with Gasteiger partial charge in [0.05, 0.1) is 12.2 Å². The van der Waals surface area contributed by atoms with Crippen LogP contribution in [0.1, 0.15) is 28.5 Å². The van der Waals surface area contributed by atoms with E-state index in [4.69, 9.17) is 4.74 Å². The summed E-state index contributed by atoms with van der Waals surface area (Å²) in [6.45, 7) is 2.20. The van der Waals surface area contributed by atoms with E-state index in [1.807, 2.05) is 49.4 Å². The zero-order valence-corrected chi connectivity index (χ0v) is 11.9. The predicted octanol–water partition coefficient (Wildman–Crippen LogP) is 3.94. The number of fused-ring (bicyclic) bond motifs is 1. The Morgan fingerprint density at radius 3 is 2.52 bits per heavy atom. The van der Waals surface area contributed by atoms with Gasteiger partial charge >= 0.3 is 5.97 Å². The van der Waals surface area contributed by atoms with E-state index in [1.165, 1.54) is 0 Å². The minimum Gasteiger partial charge on any atom is -0.462 e. The molecule has 0 aliphatic heterocycles. The van der Waals surface area contributed by atoms with Gasteiger partial charge in [-0.25, -0.2) is 4.79 Å². The van der Waals surface area contributed by atoms with Crippen molar-refractivity contribution in [2.24, 2.45) is 0 Å². The molecule has 0 radical (unpaired) electrons. The first-order chi connectivity index (χ1) is 10.3. The van der Waals surface area contributed by atoms with Gasteiger partial charge in [-0.15, -0.1) is 0 Å². The average molecular weight is 279 g/mol. The van der Waals surface area contributed by atoms with E-state index in [9.17, 15) is 4.79 Å². The molecular formula is C18H17NO2. The number of ether oxygens (including phenoxy) is 1. The summed E-state index contributed by atoms with van der Waals surface area (Å²) in [6, 6.07) is 17.9. The Bertz CT molecular complexity index is 759. The van der Waals surface area contributed by atoms with E-state index < -0.39 is 0 Å². The third-order valence-electron chi connectivity index (χ3n) is 3.49. The molecule has 0 aliphatic carbocycles. The van der Waals surface area contributed by atoms with E-state index in [0.29, 0.717) is 18.6 Å². The van der Waals surface area contributed by atoms with Crippen LogP contribution in [-0.2, 0) is 11.2 Å². The first-order valence-corrected chi connectivity index (χ1v) is 7.10. The van der Waals surface area contributed by atoms with Crippen molar-refractivity contribution >= 4 is 16.9 Å². The first-order valence-electron chi connectivity index (χ1n) is 7.10. The SMILES string of the molecule is CCOC(=O)c1c(Cc2ccccc2)[nH]c2ccccc12. The van der Waals surface area contributed by atoms with E-state index in [1.54, 1.807) is 0 Å². The fourth-order valence-electron chi connectivity index (χ4n) is 2.57. The normalized spacial score (nSPS) is 10.7. The van der Waals surface area contributed by atoms with Gasteiger partial charge in [-0.05, 0) is 18.6 Å². The van der Waals surface area contributed by atoms with Gasteiger partial charge in [0.1, 0.15) is 0 Å². The van der Waals surface area contributed by atoms with Gasteiger partial charge in [0.15, 0.2) is 0 Å². The highest BCUT2D eigenvalue weighted by atomic mass is 16.5. The van der Waals surface area contributed by atoms with Crippen LogP contribution in [0.4, 0.5) is 0 Å². The molecule has 0 amide bonds. The molecule has 0 aliphatic rings. The van der Waals surface area contributed by atoms with Crippen LogP contribution in [0.25, 0.3) is 10.9 Å². The predicted molar refractivity (Wildman–Crippen MR) is 83.5 cm³/mol. The highest BCUT2D eigenvalue weighted by Gasteiger charge is 2.19. The molecule has 3 rings (SSSR count). The number of H-pyrrole nitrogens is 1. The third kappa shape index (κ3) is 2.68. The molecule has 1 N–H and O–H groups in total. The van der Waals surface area contributed by atoms with Crippen molar-refractivity contribution in [3.63, 3.8) is 0 Å². The summed E-state index contributed by atoms with van der Waals surface area (Å²) >= 11 is 0. The van der Waals surface area contributed by atoms with E-state index in [2.05, 4.69) is 17.1 Å². The van der Waals surface area contributed by atoms with Crippen molar-refractivity contribution in [3.05, 3.63) is 71.4 Å². The second-order valence-corrected chi connectivity index (χ2v) is 4.91. The van der Waals surface area contributed by atoms with Gasteiger partial charge in [-0.2, -0.15) is 0 Å². The molecule has 3 heteroatoms. The molecule has 0 unspecified atom stereocenters. The summed E-state index contributed by atoms with van der Waals surface area (Å²) in [5.41, 5.74) is 3.68. The molecule has 3 aromatic rings. The number of aromatic nitrogens is 1. The minimum atomic E-state index is -0.263. The van der Waals surface area contributed by atoms with Crippen LogP contribution >= 0.6 is 0 Å². The molecule has 0 atom stereocenters. The molecule has 2 aromatic carbocycles. The van der Waals surface area contributed by atoms with Crippen molar-refractivity contribution in [1.82, 2.24) is 4.98 Å². The van der Waals surface area contributed by atoms with Crippen LogP contribution in [0.2, 0.25) is 0 Å². The fourth-order valence-corrected chi connectivity index (χ4v) is 2.57. The van der Waals surface area contributed by atoms with Crippen molar-refractivity contribution in [3.8, 4) is 0 Å². The number of hydrogen-bond donors (Lipinski definition) is 1. The largest absolute Gasteiger partial charge is 0.462 e. The second kappa shape index (κ2) is 5.83. The van der Waals surface area contributed by atoms with Crippen LogP contribution in [0.15, 0.2) is 54.6 Å². The maximum absolute atomic E-state index is 12.3. The number of rotatable bonds is 4. The maximum atomic E-state index is 12.3. The van der Waals surface area contributed by atoms with Crippen molar-refractivity contribution in [1.29, 1.82) is 0 Å². The zero-order chi connectivity index (χ0) is 14.7. The summed E-state index contributed by atoms with van der Waals surface area (Å²) in [5, 5.41) is 0.918. The lowest BCUT2D eigenvalue weighted by molar-refractivity contribution is 0.0527. The molecular weight excluding hydrogens is 262 g/mol. The summed E-state index contributed by atoms with van der Waals surface area (Å²) in [6.07, 6.45) is 0.684. The highest BCUT2D eigenvalue weighted by Crippen LogP contribution is 2.25. The van der Waals surface area contributed by atoms with Crippen molar-refractivity contribution in [2.45, 2.75) is 13.3 Å². The number of esters is 1. The monoisotopic (exact) mass is 279 g/mol. The van der Waals surface area contributed by atoms with Gasteiger partial charge in [-0.3, -0.25) is 0 Å². The minimum absolute atomic E-state index is 0.263. The topological polar surface area (TPSA) is 42.1 Å². The fraction of sp³-hybridized carbons (Fsp3) is 0.167. The molecule has 0 fully saturated rings. The number of benzene rings is 2. The van der Waals surface area contributed by atoms with Gasteiger partial charge < -0.3 is 9.72 Å². The quantitative estimate of drug-likeness (QED) is 0.735. The van der Waals surface area contributed by atoms with Gasteiger partial charge in [0.2, 0.25) is 0 Å². The Labute approximate surface area is 123 Å². The number of carbonyl (C=O) groups is 1.